The van der Waals surface area contributed by atoms with Gasteiger partial charge in [0.2, 0.25) is 0 Å². The van der Waals surface area contributed by atoms with Crippen LogP contribution in [-0.2, 0) is 0 Å². The van der Waals surface area contributed by atoms with Crippen LogP contribution in [-0.4, -0.2) is 0 Å². The summed E-state index contributed by atoms with van der Waals surface area (Å²) in [7, 11) is 0. The average Bonchev–Trinajstić information content (AvgIpc) is 3.55. The Balaban J connectivity index is 1.63. The normalized spacial score (nSPS) is 10.9. The van der Waals surface area contributed by atoms with E-state index >= 15 is 0 Å². The van der Waals surface area contributed by atoms with Crippen molar-refractivity contribution in [3.63, 3.8) is 0 Å². The van der Waals surface area contributed by atoms with Gasteiger partial charge >= 0.3 is 0 Å². The summed E-state index contributed by atoms with van der Waals surface area (Å²) in [6.07, 6.45) is 3.68. The predicted octanol–water partition coefficient (Wildman–Crippen LogP) is 9.21. The molecule has 0 amide bonds. The van der Waals surface area contributed by atoms with Gasteiger partial charge < -0.3 is 8.83 Å². The van der Waals surface area contributed by atoms with Crippen molar-refractivity contribution in [3.05, 3.63) is 134 Å². The first-order valence-corrected chi connectivity index (χ1v) is 11.3. The van der Waals surface area contributed by atoms with E-state index in [0.717, 1.165) is 56.0 Å². The van der Waals surface area contributed by atoms with Crippen molar-refractivity contribution >= 4 is 0 Å². The minimum Gasteiger partial charge on any atom is -0.460 e. The molecule has 34 heavy (non-hydrogen) atoms. The molecule has 0 bridgehead atoms. The van der Waals surface area contributed by atoms with Crippen molar-refractivity contribution in [2.75, 3.05) is 0 Å². The van der Waals surface area contributed by atoms with E-state index < -0.39 is 0 Å². The molecule has 2 nitrogen and oxygen atoms in total. The van der Waals surface area contributed by atoms with Crippen LogP contribution in [0.1, 0.15) is 0 Å². The monoisotopic (exact) mass is 438 g/mol. The van der Waals surface area contributed by atoms with E-state index in [1.165, 1.54) is 0 Å². The van der Waals surface area contributed by atoms with Gasteiger partial charge in [0.05, 0.1) is 12.5 Å². The Bertz CT molecular complexity index is 1390. The van der Waals surface area contributed by atoms with Gasteiger partial charge in [-0.15, -0.1) is 0 Å². The van der Waals surface area contributed by atoms with Crippen LogP contribution in [0.4, 0.5) is 0 Å². The van der Waals surface area contributed by atoms with Crippen molar-refractivity contribution in [2.24, 2.45) is 0 Å². The summed E-state index contributed by atoms with van der Waals surface area (Å²) in [6.45, 7) is 0. The highest BCUT2D eigenvalue weighted by atomic mass is 16.4. The van der Waals surface area contributed by atoms with E-state index in [0.29, 0.717) is 0 Å². The van der Waals surface area contributed by atoms with Crippen molar-refractivity contribution in [1.82, 2.24) is 0 Å². The van der Waals surface area contributed by atoms with Gasteiger partial charge in [-0.05, 0) is 22.3 Å². The summed E-state index contributed by atoms with van der Waals surface area (Å²) < 4.78 is 12.6. The molecule has 0 atom stereocenters. The molecule has 6 rings (SSSR count). The molecule has 0 aliphatic heterocycles. The van der Waals surface area contributed by atoms with Crippen LogP contribution in [0.25, 0.3) is 56.0 Å². The zero-order chi connectivity index (χ0) is 22.7. The third-order valence-electron chi connectivity index (χ3n) is 6.08. The standard InChI is InChI=1S/C32H22O2/c1-5-13-23(14-6-1)27-21-33-31(29(27)25-17-9-3-10-18-25)32-30(26-19-11-4-12-20-26)28(22-34-32)24-15-7-2-8-16-24/h1-22H. The van der Waals surface area contributed by atoms with Crippen molar-refractivity contribution in [2.45, 2.75) is 0 Å². The van der Waals surface area contributed by atoms with Crippen LogP contribution in [0.5, 0.6) is 0 Å². The van der Waals surface area contributed by atoms with Crippen molar-refractivity contribution in [1.29, 1.82) is 0 Å². The quantitative estimate of drug-likeness (QED) is 0.268. The second-order valence-corrected chi connectivity index (χ2v) is 8.17. The highest BCUT2D eigenvalue weighted by molar-refractivity contribution is 5.98. The molecule has 0 unspecified atom stereocenters. The van der Waals surface area contributed by atoms with Crippen LogP contribution in [0.2, 0.25) is 0 Å². The molecule has 4 aromatic carbocycles. The summed E-state index contributed by atoms with van der Waals surface area (Å²) in [5.41, 5.74) is 8.51. The third kappa shape index (κ3) is 3.56. The lowest BCUT2D eigenvalue weighted by atomic mass is 9.92. The molecule has 0 N–H and O–H groups in total. The van der Waals surface area contributed by atoms with Gasteiger partial charge in [-0.25, -0.2) is 0 Å². The van der Waals surface area contributed by atoms with Crippen LogP contribution in [0, 0.1) is 0 Å². The van der Waals surface area contributed by atoms with E-state index in [-0.39, 0.29) is 0 Å². The molecule has 2 heteroatoms. The second kappa shape index (κ2) is 8.76. The lowest BCUT2D eigenvalue weighted by Crippen LogP contribution is -1.86. The molecule has 0 aliphatic carbocycles. The van der Waals surface area contributed by atoms with Gasteiger partial charge in [0, 0.05) is 22.3 Å². The van der Waals surface area contributed by atoms with E-state index in [4.69, 9.17) is 8.83 Å². The largest absolute Gasteiger partial charge is 0.460 e. The lowest BCUT2D eigenvalue weighted by Gasteiger charge is -2.09. The molecule has 2 aromatic heterocycles. The third-order valence-corrected chi connectivity index (χ3v) is 6.08. The molecule has 0 radical (unpaired) electrons. The molecule has 0 saturated heterocycles. The molecular weight excluding hydrogens is 416 g/mol. The van der Waals surface area contributed by atoms with E-state index in [1.54, 1.807) is 0 Å². The second-order valence-electron chi connectivity index (χ2n) is 8.17. The Morgan fingerprint density at radius 1 is 0.324 bits per heavy atom. The number of furan rings is 2. The van der Waals surface area contributed by atoms with Gasteiger partial charge in [-0.1, -0.05) is 121 Å². The number of rotatable bonds is 5. The first kappa shape index (κ1) is 20.1. The fourth-order valence-corrected chi connectivity index (χ4v) is 4.49. The molecule has 162 valence electrons. The van der Waals surface area contributed by atoms with Crippen molar-refractivity contribution in [3.8, 4) is 56.0 Å². The molecule has 6 aromatic rings. The summed E-state index contributed by atoms with van der Waals surface area (Å²) in [5.74, 6) is 1.46. The van der Waals surface area contributed by atoms with Crippen molar-refractivity contribution < 1.29 is 8.83 Å². The molecule has 2 heterocycles. The Hall–Kier alpha value is -4.56. The molecule has 0 saturated carbocycles. The SMILES string of the molecule is c1ccc(-c2coc(-c3occ(-c4ccccc4)c3-c3ccccc3)c2-c2ccccc2)cc1. The minimum absolute atomic E-state index is 0.728. The number of hydrogen-bond acceptors (Lipinski definition) is 2. The average molecular weight is 439 g/mol. The highest BCUT2D eigenvalue weighted by Crippen LogP contribution is 2.48. The summed E-state index contributed by atoms with van der Waals surface area (Å²) in [4.78, 5) is 0. The van der Waals surface area contributed by atoms with Crippen LogP contribution in [0.3, 0.4) is 0 Å². The molecule has 0 aliphatic rings. The fourth-order valence-electron chi connectivity index (χ4n) is 4.49. The zero-order valence-electron chi connectivity index (χ0n) is 18.5. The van der Waals surface area contributed by atoms with E-state index in [1.807, 2.05) is 61.1 Å². The maximum Gasteiger partial charge on any atom is 0.178 e. The highest BCUT2D eigenvalue weighted by Gasteiger charge is 2.26. The van der Waals surface area contributed by atoms with Crippen LogP contribution < -0.4 is 0 Å². The van der Waals surface area contributed by atoms with Gasteiger partial charge in [0.1, 0.15) is 0 Å². The molecule has 0 fully saturated rings. The van der Waals surface area contributed by atoms with Gasteiger partial charge in [-0.2, -0.15) is 0 Å². The first-order valence-electron chi connectivity index (χ1n) is 11.3. The topological polar surface area (TPSA) is 26.3 Å². The number of benzene rings is 4. The smallest absolute Gasteiger partial charge is 0.178 e. The van der Waals surface area contributed by atoms with E-state index in [2.05, 4.69) is 72.8 Å². The van der Waals surface area contributed by atoms with Crippen LogP contribution in [0.15, 0.2) is 143 Å². The maximum absolute atomic E-state index is 6.31. The Labute approximate surface area is 198 Å². The Morgan fingerprint density at radius 3 is 0.941 bits per heavy atom. The van der Waals surface area contributed by atoms with Gasteiger partial charge in [0.25, 0.3) is 0 Å². The summed E-state index contributed by atoms with van der Waals surface area (Å²) in [6, 6.07) is 41.4. The van der Waals surface area contributed by atoms with E-state index in [9.17, 15) is 0 Å². The van der Waals surface area contributed by atoms with Crippen LogP contribution >= 0.6 is 0 Å². The fraction of sp³-hybridized carbons (Fsp3) is 0. The molecular formula is C32H22O2. The first-order chi connectivity index (χ1) is 16.9. The minimum atomic E-state index is 0.728. The summed E-state index contributed by atoms with van der Waals surface area (Å²) in [5, 5.41) is 0. The summed E-state index contributed by atoms with van der Waals surface area (Å²) >= 11 is 0. The Morgan fingerprint density at radius 2 is 0.618 bits per heavy atom. The number of hydrogen-bond donors (Lipinski definition) is 0. The van der Waals surface area contributed by atoms with Gasteiger partial charge in [0.15, 0.2) is 11.5 Å². The maximum atomic E-state index is 6.31. The lowest BCUT2D eigenvalue weighted by molar-refractivity contribution is 0.526. The Kier molecular flexibility index (Phi) is 5.17. The molecule has 0 spiro atoms. The zero-order valence-corrected chi connectivity index (χ0v) is 18.5. The predicted molar refractivity (Wildman–Crippen MR) is 138 cm³/mol. The van der Waals surface area contributed by atoms with Gasteiger partial charge in [-0.3, -0.25) is 0 Å².